The first-order valence-corrected chi connectivity index (χ1v) is 10.1. The van der Waals surface area contributed by atoms with Crippen LogP contribution in [0.25, 0.3) is 16.9 Å². The van der Waals surface area contributed by atoms with E-state index in [4.69, 9.17) is 9.47 Å². The maximum atomic E-state index is 12.4. The van der Waals surface area contributed by atoms with Gasteiger partial charge in [-0.1, -0.05) is 34.7 Å². The molecular formula is C20H16N6O3S. The van der Waals surface area contributed by atoms with Crippen molar-refractivity contribution in [1.82, 2.24) is 25.0 Å². The molecule has 150 valence electrons. The van der Waals surface area contributed by atoms with E-state index in [1.54, 1.807) is 22.9 Å². The van der Waals surface area contributed by atoms with Gasteiger partial charge in [0.05, 0.1) is 11.4 Å². The van der Waals surface area contributed by atoms with Gasteiger partial charge in [-0.2, -0.15) is 4.68 Å². The quantitative estimate of drug-likeness (QED) is 0.388. The van der Waals surface area contributed by atoms with Gasteiger partial charge in [0, 0.05) is 11.8 Å². The lowest BCUT2D eigenvalue weighted by molar-refractivity contribution is -0.113. The molecule has 1 amide bonds. The van der Waals surface area contributed by atoms with Crippen LogP contribution < -0.4 is 14.8 Å². The second-order valence-electron chi connectivity index (χ2n) is 6.59. The highest BCUT2D eigenvalue weighted by atomic mass is 32.2. The van der Waals surface area contributed by atoms with Gasteiger partial charge in [0.2, 0.25) is 12.7 Å². The Morgan fingerprint density at radius 3 is 2.83 bits per heavy atom. The minimum absolute atomic E-state index is 0.165. The normalized spacial score (nSPS) is 12.3. The number of amides is 1. The van der Waals surface area contributed by atoms with Crippen molar-refractivity contribution in [2.24, 2.45) is 0 Å². The van der Waals surface area contributed by atoms with Gasteiger partial charge < -0.3 is 14.8 Å². The van der Waals surface area contributed by atoms with Gasteiger partial charge in [-0.05, 0) is 31.2 Å². The molecule has 2 aromatic carbocycles. The SMILES string of the molecule is Cc1ccc(-n2nnc3c(SCC(=O)Nc4ccc5c(c4)OCO5)ncnc32)cc1. The molecule has 0 bridgehead atoms. The third-order valence-corrected chi connectivity index (χ3v) is 5.46. The largest absolute Gasteiger partial charge is 0.454 e. The monoisotopic (exact) mass is 420 g/mol. The van der Waals surface area contributed by atoms with Crippen molar-refractivity contribution in [3.8, 4) is 17.2 Å². The molecule has 9 nitrogen and oxygen atoms in total. The van der Waals surface area contributed by atoms with E-state index in [2.05, 4.69) is 25.6 Å². The molecule has 10 heteroatoms. The number of benzene rings is 2. The number of ether oxygens (including phenoxy) is 2. The number of nitrogens with zero attached hydrogens (tertiary/aromatic N) is 5. The highest BCUT2D eigenvalue weighted by Gasteiger charge is 2.16. The van der Waals surface area contributed by atoms with E-state index in [0.29, 0.717) is 33.4 Å². The maximum Gasteiger partial charge on any atom is 0.234 e. The average Bonchev–Trinajstić information content (AvgIpc) is 3.39. The molecule has 2 aromatic heterocycles. The van der Waals surface area contributed by atoms with E-state index in [9.17, 15) is 4.79 Å². The minimum Gasteiger partial charge on any atom is -0.454 e. The van der Waals surface area contributed by atoms with Crippen LogP contribution in [0.15, 0.2) is 53.8 Å². The fraction of sp³-hybridized carbons (Fsp3) is 0.150. The third kappa shape index (κ3) is 3.52. The predicted octanol–water partition coefficient (Wildman–Crippen LogP) is 2.98. The summed E-state index contributed by atoms with van der Waals surface area (Å²) in [4.78, 5) is 21.0. The van der Waals surface area contributed by atoms with Gasteiger partial charge in [0.15, 0.2) is 22.7 Å². The van der Waals surface area contributed by atoms with Crippen LogP contribution in [0.5, 0.6) is 11.5 Å². The number of nitrogens with one attached hydrogen (secondary N) is 1. The number of thioether (sulfide) groups is 1. The highest BCUT2D eigenvalue weighted by molar-refractivity contribution is 8.00. The number of aryl methyl sites for hydroxylation is 1. The lowest BCUT2D eigenvalue weighted by atomic mass is 10.2. The molecule has 1 aliphatic heterocycles. The maximum absolute atomic E-state index is 12.4. The van der Waals surface area contributed by atoms with Crippen LogP contribution in [0.3, 0.4) is 0 Å². The Hall–Kier alpha value is -3.66. The van der Waals surface area contributed by atoms with Gasteiger partial charge in [-0.25, -0.2) is 9.97 Å². The zero-order chi connectivity index (χ0) is 20.5. The molecule has 3 heterocycles. The first kappa shape index (κ1) is 18.4. The molecule has 0 atom stereocenters. The molecular weight excluding hydrogens is 404 g/mol. The van der Waals surface area contributed by atoms with E-state index in [0.717, 1.165) is 11.3 Å². The fourth-order valence-corrected chi connectivity index (χ4v) is 3.73. The lowest BCUT2D eigenvalue weighted by Gasteiger charge is -2.06. The lowest BCUT2D eigenvalue weighted by Crippen LogP contribution is -2.14. The molecule has 0 fully saturated rings. The van der Waals surface area contributed by atoms with Crippen LogP contribution in [-0.4, -0.2) is 43.4 Å². The molecule has 0 radical (unpaired) electrons. The Morgan fingerprint density at radius 2 is 1.97 bits per heavy atom. The molecule has 0 spiro atoms. The van der Waals surface area contributed by atoms with E-state index < -0.39 is 0 Å². The molecule has 0 unspecified atom stereocenters. The van der Waals surface area contributed by atoms with Gasteiger partial charge >= 0.3 is 0 Å². The van der Waals surface area contributed by atoms with Crippen molar-refractivity contribution in [1.29, 1.82) is 0 Å². The first-order chi connectivity index (χ1) is 14.7. The zero-order valence-electron chi connectivity index (χ0n) is 15.9. The summed E-state index contributed by atoms with van der Waals surface area (Å²) < 4.78 is 12.3. The molecule has 0 saturated heterocycles. The van der Waals surface area contributed by atoms with Crippen molar-refractivity contribution in [2.45, 2.75) is 11.9 Å². The number of carbonyl (C=O) groups excluding carboxylic acids is 1. The van der Waals surface area contributed by atoms with Gasteiger partial charge in [0.25, 0.3) is 0 Å². The average molecular weight is 420 g/mol. The van der Waals surface area contributed by atoms with Crippen molar-refractivity contribution in [3.05, 3.63) is 54.4 Å². The molecule has 1 N–H and O–H groups in total. The van der Waals surface area contributed by atoms with Gasteiger partial charge in [-0.15, -0.1) is 5.10 Å². The van der Waals surface area contributed by atoms with Crippen molar-refractivity contribution in [2.75, 3.05) is 17.9 Å². The van der Waals surface area contributed by atoms with E-state index in [1.165, 1.54) is 18.1 Å². The van der Waals surface area contributed by atoms with Crippen LogP contribution >= 0.6 is 11.8 Å². The predicted molar refractivity (Wildman–Crippen MR) is 111 cm³/mol. The first-order valence-electron chi connectivity index (χ1n) is 9.13. The van der Waals surface area contributed by atoms with Crippen molar-refractivity contribution >= 4 is 34.5 Å². The van der Waals surface area contributed by atoms with Crippen LogP contribution in [-0.2, 0) is 4.79 Å². The standard InChI is InChI=1S/C20H16N6O3S/c1-12-2-5-14(6-3-12)26-19-18(24-25-26)20(22-10-21-19)30-9-17(27)23-13-4-7-15-16(8-13)29-11-28-15/h2-8,10H,9,11H2,1H3,(H,23,27). The number of fused-ring (bicyclic) bond motifs is 2. The van der Waals surface area contributed by atoms with Crippen LogP contribution in [0.4, 0.5) is 5.69 Å². The topological polar surface area (TPSA) is 104 Å². The van der Waals surface area contributed by atoms with E-state index in [-0.39, 0.29) is 18.5 Å². The summed E-state index contributed by atoms with van der Waals surface area (Å²) in [5, 5.41) is 11.9. The van der Waals surface area contributed by atoms with E-state index >= 15 is 0 Å². The Balaban J connectivity index is 1.31. The number of anilines is 1. The van der Waals surface area contributed by atoms with Crippen molar-refractivity contribution in [3.63, 3.8) is 0 Å². The summed E-state index contributed by atoms with van der Waals surface area (Å²) in [5.74, 6) is 1.28. The second kappa shape index (κ2) is 7.64. The minimum atomic E-state index is -0.170. The second-order valence-corrected chi connectivity index (χ2v) is 7.56. The summed E-state index contributed by atoms with van der Waals surface area (Å²) in [7, 11) is 0. The summed E-state index contributed by atoms with van der Waals surface area (Å²) in [5.41, 5.74) is 3.80. The number of hydrogen-bond acceptors (Lipinski definition) is 8. The molecule has 0 saturated carbocycles. The number of aromatic nitrogens is 5. The number of rotatable bonds is 5. The van der Waals surface area contributed by atoms with Crippen LogP contribution in [0.2, 0.25) is 0 Å². The Labute approximate surface area is 175 Å². The third-order valence-electron chi connectivity index (χ3n) is 4.48. The summed E-state index contributed by atoms with van der Waals surface area (Å²) in [6.45, 7) is 2.21. The fourth-order valence-electron chi connectivity index (χ4n) is 3.00. The zero-order valence-corrected chi connectivity index (χ0v) is 16.7. The Morgan fingerprint density at radius 1 is 1.13 bits per heavy atom. The molecule has 0 aliphatic carbocycles. The number of carbonyl (C=O) groups is 1. The number of hydrogen-bond donors (Lipinski definition) is 1. The summed E-state index contributed by atoms with van der Waals surface area (Å²) in [6, 6.07) is 13.2. The van der Waals surface area contributed by atoms with Crippen LogP contribution in [0, 0.1) is 6.92 Å². The van der Waals surface area contributed by atoms with Crippen LogP contribution in [0.1, 0.15) is 5.56 Å². The Kier molecular flexibility index (Phi) is 4.68. The Bertz CT molecular complexity index is 1240. The molecule has 30 heavy (non-hydrogen) atoms. The summed E-state index contributed by atoms with van der Waals surface area (Å²) >= 11 is 1.28. The van der Waals surface area contributed by atoms with Gasteiger partial charge in [0.1, 0.15) is 11.4 Å². The van der Waals surface area contributed by atoms with Gasteiger partial charge in [-0.3, -0.25) is 4.79 Å². The summed E-state index contributed by atoms with van der Waals surface area (Å²) in [6.07, 6.45) is 1.45. The molecule has 4 aromatic rings. The van der Waals surface area contributed by atoms with E-state index in [1.807, 2.05) is 31.2 Å². The molecule has 1 aliphatic rings. The highest BCUT2D eigenvalue weighted by Crippen LogP contribution is 2.34. The smallest absolute Gasteiger partial charge is 0.234 e. The van der Waals surface area contributed by atoms with Crippen molar-refractivity contribution < 1.29 is 14.3 Å². The molecule has 5 rings (SSSR count).